The third kappa shape index (κ3) is 2.72. The van der Waals surface area contributed by atoms with Crippen molar-refractivity contribution in [2.75, 3.05) is 5.32 Å². The number of nitriles is 1. The van der Waals surface area contributed by atoms with Gasteiger partial charge in [-0.1, -0.05) is 18.2 Å². The van der Waals surface area contributed by atoms with E-state index >= 15 is 0 Å². The number of hydrogen-bond acceptors (Lipinski definition) is 3. The molecule has 2 N–H and O–H groups in total. The molecule has 0 bridgehead atoms. The number of fused-ring (bicyclic) bond motifs is 1. The van der Waals surface area contributed by atoms with Gasteiger partial charge in [0.25, 0.3) is 5.91 Å². The summed E-state index contributed by atoms with van der Waals surface area (Å²) >= 11 is 0. The molecular formula is C17H12N4O. The molecule has 0 aliphatic rings. The molecule has 1 amide bonds. The number of aromatic amines is 1. The van der Waals surface area contributed by atoms with Gasteiger partial charge in [0.1, 0.15) is 11.6 Å². The number of aromatic nitrogens is 2. The molecule has 5 nitrogen and oxygen atoms in total. The molecule has 0 saturated heterocycles. The van der Waals surface area contributed by atoms with Gasteiger partial charge in [0.2, 0.25) is 0 Å². The van der Waals surface area contributed by atoms with E-state index in [1.54, 1.807) is 30.6 Å². The van der Waals surface area contributed by atoms with Crippen LogP contribution in [0.3, 0.4) is 0 Å². The fraction of sp³-hybridized carbons (Fsp3) is 0. The fourth-order valence-corrected chi connectivity index (χ4v) is 2.15. The standard InChI is InChI=1S/C17H12N4O/c18-9-12(17(22)21-14-4-3-7-19-11-14)8-13-10-20-16-6-2-1-5-15(13)16/h1-8,10-11,20H,(H,21,22)/b12-8+. The van der Waals surface area contributed by atoms with Gasteiger partial charge in [-0.25, -0.2) is 0 Å². The van der Waals surface area contributed by atoms with Gasteiger partial charge in [-0.05, 0) is 24.3 Å². The fourth-order valence-electron chi connectivity index (χ4n) is 2.15. The van der Waals surface area contributed by atoms with Crippen LogP contribution in [0.4, 0.5) is 5.69 Å². The first-order chi connectivity index (χ1) is 10.8. The number of anilines is 1. The minimum absolute atomic E-state index is 0.0357. The highest BCUT2D eigenvalue weighted by Crippen LogP contribution is 2.20. The molecule has 0 fully saturated rings. The van der Waals surface area contributed by atoms with Crippen LogP contribution >= 0.6 is 0 Å². The SMILES string of the molecule is N#C/C(=C\c1c[nH]c2ccccc12)C(=O)Nc1cccnc1. The highest BCUT2D eigenvalue weighted by molar-refractivity contribution is 6.10. The summed E-state index contributed by atoms with van der Waals surface area (Å²) in [5.41, 5.74) is 2.34. The summed E-state index contributed by atoms with van der Waals surface area (Å²) < 4.78 is 0. The number of rotatable bonds is 3. The molecule has 5 heteroatoms. The van der Waals surface area contributed by atoms with Crippen molar-refractivity contribution in [2.45, 2.75) is 0 Å². The normalized spacial score (nSPS) is 11.1. The lowest BCUT2D eigenvalue weighted by Gasteiger charge is -2.02. The number of nitrogens with zero attached hydrogens (tertiary/aromatic N) is 2. The number of carbonyl (C=O) groups excluding carboxylic acids is 1. The summed E-state index contributed by atoms with van der Waals surface area (Å²) in [6.07, 6.45) is 6.49. The maximum absolute atomic E-state index is 12.2. The van der Waals surface area contributed by atoms with Crippen LogP contribution in [0.1, 0.15) is 5.56 Å². The Balaban J connectivity index is 1.90. The number of carbonyl (C=O) groups is 1. The van der Waals surface area contributed by atoms with E-state index in [4.69, 9.17) is 0 Å². The molecule has 0 aliphatic carbocycles. The van der Waals surface area contributed by atoms with Gasteiger partial charge in [0.15, 0.2) is 0 Å². The lowest BCUT2D eigenvalue weighted by molar-refractivity contribution is -0.112. The summed E-state index contributed by atoms with van der Waals surface area (Å²) in [7, 11) is 0. The third-order valence-corrected chi connectivity index (χ3v) is 3.21. The number of H-pyrrole nitrogens is 1. The molecule has 0 radical (unpaired) electrons. The Labute approximate surface area is 126 Å². The van der Waals surface area contributed by atoms with Crippen LogP contribution < -0.4 is 5.32 Å². The summed E-state index contributed by atoms with van der Waals surface area (Å²) in [5.74, 6) is -0.458. The zero-order chi connectivity index (χ0) is 15.4. The van der Waals surface area contributed by atoms with E-state index in [-0.39, 0.29) is 5.57 Å². The Hall–Kier alpha value is -3.39. The largest absolute Gasteiger partial charge is 0.361 e. The molecular weight excluding hydrogens is 276 g/mol. The van der Waals surface area contributed by atoms with Crippen molar-refractivity contribution < 1.29 is 4.79 Å². The number of pyridine rings is 1. The van der Waals surface area contributed by atoms with E-state index < -0.39 is 5.91 Å². The summed E-state index contributed by atoms with van der Waals surface area (Å²) in [6.45, 7) is 0. The maximum Gasteiger partial charge on any atom is 0.266 e. The number of para-hydroxylation sites is 1. The predicted molar refractivity (Wildman–Crippen MR) is 84.8 cm³/mol. The van der Waals surface area contributed by atoms with Crippen LogP contribution in [-0.4, -0.2) is 15.9 Å². The van der Waals surface area contributed by atoms with Crippen LogP contribution in [0.5, 0.6) is 0 Å². The van der Waals surface area contributed by atoms with E-state index in [1.165, 1.54) is 6.20 Å². The lowest BCUT2D eigenvalue weighted by Crippen LogP contribution is -2.13. The molecule has 0 unspecified atom stereocenters. The summed E-state index contributed by atoms with van der Waals surface area (Å²) in [4.78, 5) is 19.2. The van der Waals surface area contributed by atoms with E-state index in [0.29, 0.717) is 5.69 Å². The monoisotopic (exact) mass is 288 g/mol. The number of amides is 1. The van der Waals surface area contributed by atoms with Crippen LogP contribution in [0.2, 0.25) is 0 Å². The van der Waals surface area contributed by atoms with Gasteiger partial charge < -0.3 is 10.3 Å². The molecule has 1 aromatic carbocycles. The van der Waals surface area contributed by atoms with Gasteiger partial charge >= 0.3 is 0 Å². The van der Waals surface area contributed by atoms with Crippen molar-refractivity contribution in [2.24, 2.45) is 0 Å². The Kier molecular flexibility index (Phi) is 3.67. The molecule has 106 valence electrons. The summed E-state index contributed by atoms with van der Waals surface area (Å²) in [5, 5.41) is 12.9. The van der Waals surface area contributed by atoms with Crippen molar-refractivity contribution in [1.29, 1.82) is 5.26 Å². The van der Waals surface area contributed by atoms with Crippen molar-refractivity contribution in [3.05, 3.63) is 66.1 Å². The number of hydrogen-bond donors (Lipinski definition) is 2. The quantitative estimate of drug-likeness (QED) is 0.574. The minimum Gasteiger partial charge on any atom is -0.361 e. The molecule has 0 saturated carbocycles. The van der Waals surface area contributed by atoms with Gasteiger partial charge in [-0.15, -0.1) is 0 Å². The lowest BCUT2D eigenvalue weighted by atomic mass is 10.1. The van der Waals surface area contributed by atoms with Crippen LogP contribution in [0.15, 0.2) is 60.6 Å². The molecule has 0 aliphatic heterocycles. The predicted octanol–water partition coefficient (Wildman–Crippen LogP) is 3.11. The minimum atomic E-state index is -0.458. The van der Waals surface area contributed by atoms with Gasteiger partial charge in [0.05, 0.1) is 11.9 Å². The van der Waals surface area contributed by atoms with Gasteiger partial charge in [-0.2, -0.15) is 5.26 Å². The second-order valence-electron chi connectivity index (χ2n) is 4.66. The van der Waals surface area contributed by atoms with Crippen molar-refractivity contribution >= 4 is 28.6 Å². The molecule has 2 aromatic heterocycles. The first-order valence-corrected chi connectivity index (χ1v) is 6.67. The van der Waals surface area contributed by atoms with Crippen molar-refractivity contribution in [3.8, 4) is 6.07 Å². The second kappa shape index (κ2) is 5.94. The smallest absolute Gasteiger partial charge is 0.266 e. The highest BCUT2D eigenvalue weighted by Gasteiger charge is 2.11. The molecule has 0 atom stereocenters. The highest BCUT2D eigenvalue weighted by atomic mass is 16.1. The summed E-state index contributed by atoms with van der Waals surface area (Å²) in [6, 6.07) is 13.1. The van der Waals surface area contributed by atoms with Gasteiger partial charge in [-0.3, -0.25) is 9.78 Å². The van der Waals surface area contributed by atoms with Crippen molar-refractivity contribution in [3.63, 3.8) is 0 Å². The molecule has 22 heavy (non-hydrogen) atoms. The van der Waals surface area contributed by atoms with Crippen LogP contribution in [-0.2, 0) is 4.79 Å². The maximum atomic E-state index is 12.2. The Morgan fingerprint density at radius 3 is 2.91 bits per heavy atom. The van der Waals surface area contributed by atoms with Crippen molar-refractivity contribution in [1.82, 2.24) is 9.97 Å². The first-order valence-electron chi connectivity index (χ1n) is 6.67. The number of nitrogens with one attached hydrogen (secondary N) is 2. The van der Waals surface area contributed by atoms with E-state index in [2.05, 4.69) is 15.3 Å². The second-order valence-corrected chi connectivity index (χ2v) is 4.66. The average Bonchev–Trinajstić information content (AvgIpc) is 2.96. The van der Waals surface area contributed by atoms with Gasteiger partial charge in [0, 0.05) is 28.9 Å². The third-order valence-electron chi connectivity index (χ3n) is 3.21. The Bertz CT molecular complexity index is 888. The Morgan fingerprint density at radius 2 is 2.14 bits per heavy atom. The zero-order valence-electron chi connectivity index (χ0n) is 11.6. The van der Waals surface area contributed by atoms with E-state index in [1.807, 2.05) is 30.3 Å². The topological polar surface area (TPSA) is 81.6 Å². The molecule has 3 aromatic rings. The molecule has 3 rings (SSSR count). The molecule has 0 spiro atoms. The van der Waals surface area contributed by atoms with Crippen LogP contribution in [0, 0.1) is 11.3 Å². The van der Waals surface area contributed by atoms with E-state index in [0.717, 1.165) is 16.5 Å². The zero-order valence-corrected chi connectivity index (χ0v) is 11.6. The van der Waals surface area contributed by atoms with Crippen LogP contribution in [0.25, 0.3) is 17.0 Å². The molecule has 2 heterocycles. The van der Waals surface area contributed by atoms with E-state index in [9.17, 15) is 10.1 Å². The average molecular weight is 288 g/mol. The Morgan fingerprint density at radius 1 is 1.27 bits per heavy atom. The number of benzene rings is 1. The first kappa shape index (κ1) is 13.6.